The molecule has 7 heteroatoms. The van der Waals surface area contributed by atoms with Crippen molar-refractivity contribution >= 4 is 33.2 Å². The lowest BCUT2D eigenvalue weighted by molar-refractivity contribution is 0.0620. The van der Waals surface area contributed by atoms with E-state index in [1.165, 1.54) is 4.31 Å². The monoisotopic (exact) mass is 474 g/mol. The molecule has 0 saturated carbocycles. The molecule has 1 heterocycles. The minimum absolute atomic E-state index is 0.0102. The SMILES string of the molecule is CN(C1CN(C(c2ccc(Cl)cc2)c2ccc(Cl)cc2)C1)S(=O)(=O)Cc1ccccc1. The number of rotatable bonds is 7. The standard InChI is InChI=1S/C24H24Cl2N2O2S/c1-27(31(29,30)17-18-5-3-2-4-6-18)23-15-28(16-23)24(19-7-11-21(25)12-8-19)20-9-13-22(26)14-10-20/h2-14,23-24H,15-17H2,1H3. The Hall–Kier alpha value is -1.89. The summed E-state index contributed by atoms with van der Waals surface area (Å²) in [6.07, 6.45) is 0. The first-order valence-electron chi connectivity index (χ1n) is 10.1. The number of sulfonamides is 1. The Morgan fingerprint density at radius 1 is 0.871 bits per heavy atom. The van der Waals surface area contributed by atoms with Crippen LogP contribution >= 0.6 is 23.2 Å². The van der Waals surface area contributed by atoms with Gasteiger partial charge in [0.15, 0.2) is 0 Å². The predicted octanol–water partition coefficient (Wildman–Crippen LogP) is 5.23. The molecule has 0 aromatic heterocycles. The molecule has 1 fully saturated rings. The molecule has 0 atom stereocenters. The maximum Gasteiger partial charge on any atom is 0.218 e. The van der Waals surface area contributed by atoms with E-state index in [-0.39, 0.29) is 17.8 Å². The van der Waals surface area contributed by atoms with Crippen molar-refractivity contribution in [2.45, 2.75) is 17.8 Å². The van der Waals surface area contributed by atoms with Crippen molar-refractivity contribution in [3.8, 4) is 0 Å². The molecule has 3 aromatic rings. The van der Waals surface area contributed by atoms with E-state index in [1.807, 2.05) is 78.9 Å². The maximum absolute atomic E-state index is 12.9. The fourth-order valence-corrected chi connectivity index (χ4v) is 5.60. The second-order valence-corrected chi connectivity index (χ2v) is 10.8. The molecule has 0 N–H and O–H groups in total. The number of halogens is 2. The highest BCUT2D eigenvalue weighted by atomic mass is 35.5. The Kier molecular flexibility index (Phi) is 6.70. The summed E-state index contributed by atoms with van der Waals surface area (Å²) in [5, 5.41) is 1.37. The molecule has 162 valence electrons. The summed E-state index contributed by atoms with van der Waals surface area (Å²) in [7, 11) is -1.71. The van der Waals surface area contributed by atoms with Gasteiger partial charge in [0, 0.05) is 36.2 Å². The van der Waals surface area contributed by atoms with Gasteiger partial charge in [0.25, 0.3) is 0 Å². The van der Waals surface area contributed by atoms with Gasteiger partial charge >= 0.3 is 0 Å². The van der Waals surface area contributed by atoms with Crippen LogP contribution in [-0.4, -0.2) is 43.8 Å². The summed E-state index contributed by atoms with van der Waals surface area (Å²) in [5.41, 5.74) is 3.02. The Bertz CT molecular complexity index is 1070. The van der Waals surface area contributed by atoms with Gasteiger partial charge in [-0.2, -0.15) is 4.31 Å². The van der Waals surface area contributed by atoms with Gasteiger partial charge in [-0.15, -0.1) is 0 Å². The van der Waals surface area contributed by atoms with Gasteiger partial charge in [-0.1, -0.05) is 77.8 Å². The molecule has 0 aliphatic carbocycles. The highest BCUT2D eigenvalue weighted by Crippen LogP contribution is 2.35. The molecule has 0 spiro atoms. The van der Waals surface area contributed by atoms with Crippen LogP contribution in [0.2, 0.25) is 10.0 Å². The molecule has 31 heavy (non-hydrogen) atoms. The molecular weight excluding hydrogens is 451 g/mol. The summed E-state index contributed by atoms with van der Waals surface area (Å²) in [4.78, 5) is 2.28. The molecule has 1 aliphatic heterocycles. The van der Waals surface area contributed by atoms with Crippen LogP contribution in [0.25, 0.3) is 0 Å². The first-order chi connectivity index (χ1) is 14.8. The molecular formula is C24H24Cl2N2O2S. The van der Waals surface area contributed by atoms with Crippen LogP contribution in [0.1, 0.15) is 22.7 Å². The van der Waals surface area contributed by atoms with Crippen LogP contribution in [0.3, 0.4) is 0 Å². The second-order valence-electron chi connectivity index (χ2n) is 7.87. The Labute approximate surface area is 194 Å². The molecule has 0 bridgehead atoms. The summed E-state index contributed by atoms with van der Waals surface area (Å²) < 4.78 is 27.3. The van der Waals surface area contributed by atoms with Crippen molar-refractivity contribution in [1.82, 2.24) is 9.21 Å². The number of likely N-dealkylation sites (tertiary alicyclic amines) is 1. The minimum atomic E-state index is -3.39. The molecule has 1 saturated heterocycles. The van der Waals surface area contributed by atoms with E-state index in [4.69, 9.17) is 23.2 Å². The Balaban J connectivity index is 1.50. The van der Waals surface area contributed by atoms with E-state index in [2.05, 4.69) is 4.90 Å². The first kappa shape index (κ1) is 22.3. The van der Waals surface area contributed by atoms with Crippen molar-refractivity contribution in [2.75, 3.05) is 20.1 Å². The van der Waals surface area contributed by atoms with Crippen molar-refractivity contribution in [3.05, 3.63) is 106 Å². The molecule has 3 aromatic carbocycles. The average molecular weight is 475 g/mol. The van der Waals surface area contributed by atoms with Crippen LogP contribution in [0, 0.1) is 0 Å². The third-order valence-electron chi connectivity index (χ3n) is 5.77. The zero-order chi connectivity index (χ0) is 22.0. The van der Waals surface area contributed by atoms with Crippen LogP contribution in [0.4, 0.5) is 0 Å². The van der Waals surface area contributed by atoms with E-state index in [9.17, 15) is 8.42 Å². The van der Waals surface area contributed by atoms with Crippen molar-refractivity contribution in [1.29, 1.82) is 0 Å². The summed E-state index contributed by atoms with van der Waals surface area (Å²) in [5.74, 6) is 0.0125. The molecule has 0 unspecified atom stereocenters. The van der Waals surface area contributed by atoms with E-state index < -0.39 is 10.0 Å². The smallest absolute Gasteiger partial charge is 0.218 e. The quantitative estimate of drug-likeness (QED) is 0.470. The second kappa shape index (κ2) is 9.31. The number of nitrogens with zero attached hydrogens (tertiary/aromatic N) is 2. The molecule has 0 amide bonds. The zero-order valence-corrected chi connectivity index (χ0v) is 19.5. The van der Waals surface area contributed by atoms with Crippen LogP contribution in [-0.2, 0) is 15.8 Å². The van der Waals surface area contributed by atoms with Crippen molar-refractivity contribution < 1.29 is 8.42 Å². The normalized spacial score (nSPS) is 15.4. The van der Waals surface area contributed by atoms with Gasteiger partial charge in [0.1, 0.15) is 0 Å². The van der Waals surface area contributed by atoms with Gasteiger partial charge < -0.3 is 0 Å². The van der Waals surface area contributed by atoms with E-state index in [0.717, 1.165) is 16.7 Å². The third-order valence-corrected chi connectivity index (χ3v) is 8.15. The fraction of sp³-hybridized carbons (Fsp3) is 0.250. The van der Waals surface area contributed by atoms with E-state index in [0.29, 0.717) is 23.1 Å². The number of hydrogen-bond donors (Lipinski definition) is 0. The topological polar surface area (TPSA) is 40.6 Å². The third kappa shape index (κ3) is 5.13. The van der Waals surface area contributed by atoms with Crippen LogP contribution < -0.4 is 0 Å². The minimum Gasteiger partial charge on any atom is -0.289 e. The fourth-order valence-electron chi connectivity index (χ4n) is 3.95. The van der Waals surface area contributed by atoms with Gasteiger partial charge in [-0.05, 0) is 41.0 Å². The predicted molar refractivity (Wildman–Crippen MR) is 127 cm³/mol. The largest absolute Gasteiger partial charge is 0.289 e. The van der Waals surface area contributed by atoms with Gasteiger partial charge in [0.2, 0.25) is 10.0 Å². The Morgan fingerprint density at radius 2 is 1.35 bits per heavy atom. The lowest BCUT2D eigenvalue weighted by Crippen LogP contribution is -2.60. The molecule has 0 radical (unpaired) electrons. The number of benzene rings is 3. The average Bonchev–Trinajstić information content (AvgIpc) is 2.72. The summed E-state index contributed by atoms with van der Waals surface area (Å²) >= 11 is 12.2. The van der Waals surface area contributed by atoms with Crippen LogP contribution in [0.15, 0.2) is 78.9 Å². The van der Waals surface area contributed by atoms with Crippen LogP contribution in [0.5, 0.6) is 0 Å². The molecule has 4 rings (SSSR count). The summed E-state index contributed by atoms with van der Waals surface area (Å²) in [6.45, 7) is 1.31. The van der Waals surface area contributed by atoms with E-state index in [1.54, 1.807) is 7.05 Å². The highest BCUT2D eigenvalue weighted by Gasteiger charge is 2.39. The maximum atomic E-state index is 12.9. The molecule has 1 aliphatic rings. The highest BCUT2D eigenvalue weighted by molar-refractivity contribution is 7.88. The first-order valence-corrected chi connectivity index (χ1v) is 12.4. The zero-order valence-electron chi connectivity index (χ0n) is 17.2. The Morgan fingerprint density at radius 3 is 1.84 bits per heavy atom. The van der Waals surface area contributed by atoms with Crippen molar-refractivity contribution in [3.63, 3.8) is 0 Å². The molecule has 4 nitrogen and oxygen atoms in total. The van der Waals surface area contributed by atoms with Crippen molar-refractivity contribution in [2.24, 2.45) is 0 Å². The van der Waals surface area contributed by atoms with Gasteiger partial charge in [0.05, 0.1) is 11.8 Å². The number of hydrogen-bond acceptors (Lipinski definition) is 3. The lowest BCUT2D eigenvalue weighted by atomic mass is 9.93. The lowest BCUT2D eigenvalue weighted by Gasteiger charge is -2.47. The van der Waals surface area contributed by atoms with Gasteiger partial charge in [-0.3, -0.25) is 4.90 Å². The number of likely N-dealkylation sites (N-methyl/N-ethyl adjacent to an activating group) is 1. The van der Waals surface area contributed by atoms with E-state index >= 15 is 0 Å². The summed E-state index contributed by atoms with van der Waals surface area (Å²) in [6, 6.07) is 24.8. The van der Waals surface area contributed by atoms with Gasteiger partial charge in [-0.25, -0.2) is 8.42 Å².